The van der Waals surface area contributed by atoms with E-state index in [-0.39, 0.29) is 31.0 Å². The third kappa shape index (κ3) is 2.93. The van der Waals surface area contributed by atoms with E-state index in [2.05, 4.69) is 17.1 Å². The van der Waals surface area contributed by atoms with E-state index in [1.165, 1.54) is 0 Å². The molecule has 2 rings (SSSR count). The van der Waals surface area contributed by atoms with Crippen LogP contribution in [0.2, 0.25) is 0 Å². The van der Waals surface area contributed by atoms with Crippen LogP contribution in [-0.4, -0.2) is 72.3 Å². The quantitative estimate of drug-likeness (QED) is 0.568. The number of β-amino-alcohol motifs (C(OH)–C–C–N with tert-alkyl or cyclic N) is 1. The zero-order chi connectivity index (χ0) is 11.5. The molecule has 5 heteroatoms. The standard InChI is InChI=1S/C11H22N2O3/c1-8-3-12-4-11(16-8)6-13-5-10(15)2-9(13)7-14/h8-12,14-15H,2-7H2,1H3/t8-,9+,10-,11+/m1/s1. The van der Waals surface area contributed by atoms with E-state index in [0.717, 1.165) is 19.6 Å². The van der Waals surface area contributed by atoms with Crippen molar-refractivity contribution in [3.63, 3.8) is 0 Å². The molecule has 16 heavy (non-hydrogen) atoms. The molecule has 2 saturated heterocycles. The van der Waals surface area contributed by atoms with Crippen molar-refractivity contribution < 1.29 is 14.9 Å². The van der Waals surface area contributed by atoms with Crippen LogP contribution in [0.25, 0.3) is 0 Å². The van der Waals surface area contributed by atoms with Crippen molar-refractivity contribution in [1.29, 1.82) is 0 Å². The van der Waals surface area contributed by atoms with Crippen LogP contribution in [-0.2, 0) is 4.74 Å². The molecule has 2 fully saturated rings. The van der Waals surface area contributed by atoms with Crippen LogP contribution >= 0.6 is 0 Å². The Hall–Kier alpha value is -0.200. The minimum Gasteiger partial charge on any atom is -0.395 e. The number of likely N-dealkylation sites (tertiary alicyclic amines) is 1. The Balaban J connectivity index is 1.83. The number of rotatable bonds is 3. The molecule has 0 bridgehead atoms. The Labute approximate surface area is 96.4 Å². The maximum absolute atomic E-state index is 9.57. The Morgan fingerprint density at radius 1 is 1.44 bits per heavy atom. The summed E-state index contributed by atoms with van der Waals surface area (Å²) in [6, 6.07) is 0.0934. The second-order valence-corrected chi connectivity index (χ2v) is 4.91. The highest BCUT2D eigenvalue weighted by atomic mass is 16.5. The number of morpholine rings is 1. The van der Waals surface area contributed by atoms with Gasteiger partial charge < -0.3 is 20.3 Å². The molecule has 0 spiro atoms. The summed E-state index contributed by atoms with van der Waals surface area (Å²) in [6.07, 6.45) is 0.791. The predicted molar refractivity (Wildman–Crippen MR) is 60.3 cm³/mol. The van der Waals surface area contributed by atoms with Gasteiger partial charge in [-0.05, 0) is 13.3 Å². The summed E-state index contributed by atoms with van der Waals surface area (Å²) in [5.74, 6) is 0. The maximum Gasteiger partial charge on any atom is 0.0830 e. The van der Waals surface area contributed by atoms with Crippen molar-refractivity contribution in [3.05, 3.63) is 0 Å². The Kier molecular flexibility index (Phi) is 4.16. The zero-order valence-corrected chi connectivity index (χ0v) is 9.80. The van der Waals surface area contributed by atoms with Gasteiger partial charge in [0.1, 0.15) is 0 Å². The van der Waals surface area contributed by atoms with Gasteiger partial charge in [0, 0.05) is 32.2 Å². The first-order valence-corrected chi connectivity index (χ1v) is 6.08. The molecular weight excluding hydrogens is 208 g/mol. The predicted octanol–water partition coefficient (Wildman–Crippen LogP) is -1.21. The van der Waals surface area contributed by atoms with Crippen LogP contribution in [0.1, 0.15) is 13.3 Å². The molecule has 3 N–H and O–H groups in total. The molecule has 2 aliphatic rings. The highest BCUT2D eigenvalue weighted by molar-refractivity contribution is 4.87. The van der Waals surface area contributed by atoms with E-state index >= 15 is 0 Å². The number of hydrogen-bond acceptors (Lipinski definition) is 5. The van der Waals surface area contributed by atoms with E-state index in [1.807, 2.05) is 0 Å². The van der Waals surface area contributed by atoms with E-state index in [0.29, 0.717) is 13.0 Å². The lowest BCUT2D eigenvalue weighted by atomic mass is 10.2. The zero-order valence-electron chi connectivity index (χ0n) is 9.80. The second-order valence-electron chi connectivity index (χ2n) is 4.91. The average Bonchev–Trinajstić information content (AvgIpc) is 2.59. The topological polar surface area (TPSA) is 65.0 Å². The van der Waals surface area contributed by atoms with Crippen LogP contribution in [0, 0.1) is 0 Å². The van der Waals surface area contributed by atoms with E-state index in [9.17, 15) is 10.2 Å². The Morgan fingerprint density at radius 2 is 2.25 bits per heavy atom. The van der Waals surface area contributed by atoms with Crippen LogP contribution in [0.3, 0.4) is 0 Å². The number of aliphatic hydroxyl groups excluding tert-OH is 2. The SMILES string of the molecule is C[C@@H]1CNC[C@@H](CN2C[C@H](O)C[C@H]2CO)O1. The smallest absolute Gasteiger partial charge is 0.0830 e. The number of aliphatic hydroxyl groups is 2. The highest BCUT2D eigenvalue weighted by Crippen LogP contribution is 2.18. The molecule has 0 aromatic carbocycles. The number of nitrogens with one attached hydrogen (secondary N) is 1. The largest absolute Gasteiger partial charge is 0.395 e. The molecule has 0 radical (unpaired) electrons. The van der Waals surface area contributed by atoms with Gasteiger partial charge in [-0.25, -0.2) is 0 Å². The lowest BCUT2D eigenvalue weighted by Gasteiger charge is -2.33. The lowest BCUT2D eigenvalue weighted by molar-refractivity contribution is -0.0467. The highest BCUT2D eigenvalue weighted by Gasteiger charge is 2.32. The lowest BCUT2D eigenvalue weighted by Crippen LogP contribution is -2.49. The van der Waals surface area contributed by atoms with Gasteiger partial charge in [0.25, 0.3) is 0 Å². The van der Waals surface area contributed by atoms with Crippen LogP contribution in [0.5, 0.6) is 0 Å². The van der Waals surface area contributed by atoms with Crippen molar-refractivity contribution in [3.8, 4) is 0 Å². The third-order valence-corrected chi connectivity index (χ3v) is 3.38. The summed E-state index contributed by atoms with van der Waals surface area (Å²) in [6.45, 7) is 5.38. The van der Waals surface area contributed by atoms with Gasteiger partial charge in [0.2, 0.25) is 0 Å². The Morgan fingerprint density at radius 3 is 2.94 bits per heavy atom. The summed E-state index contributed by atoms with van der Waals surface area (Å²) in [4.78, 5) is 2.13. The van der Waals surface area contributed by atoms with Gasteiger partial charge in [-0.3, -0.25) is 4.90 Å². The maximum atomic E-state index is 9.57. The first kappa shape index (κ1) is 12.3. The van der Waals surface area contributed by atoms with Gasteiger partial charge >= 0.3 is 0 Å². The third-order valence-electron chi connectivity index (χ3n) is 3.38. The van der Waals surface area contributed by atoms with Gasteiger partial charge in [0.05, 0.1) is 24.9 Å². The first-order valence-electron chi connectivity index (χ1n) is 6.08. The summed E-state index contributed by atoms with van der Waals surface area (Å²) in [5.41, 5.74) is 0. The molecule has 5 nitrogen and oxygen atoms in total. The fourth-order valence-corrected chi connectivity index (χ4v) is 2.61. The molecule has 94 valence electrons. The van der Waals surface area contributed by atoms with Crippen LogP contribution in [0.4, 0.5) is 0 Å². The van der Waals surface area contributed by atoms with Gasteiger partial charge in [-0.15, -0.1) is 0 Å². The molecule has 0 aromatic heterocycles. The van der Waals surface area contributed by atoms with E-state index < -0.39 is 0 Å². The summed E-state index contributed by atoms with van der Waals surface area (Å²) < 4.78 is 5.81. The van der Waals surface area contributed by atoms with Crippen molar-refractivity contribution in [2.24, 2.45) is 0 Å². The summed E-state index contributed by atoms with van der Waals surface area (Å²) in [7, 11) is 0. The first-order chi connectivity index (χ1) is 7.69. The number of hydrogen-bond donors (Lipinski definition) is 3. The minimum atomic E-state index is -0.300. The van der Waals surface area contributed by atoms with Crippen molar-refractivity contribution in [1.82, 2.24) is 10.2 Å². The number of nitrogens with zero attached hydrogens (tertiary/aromatic N) is 1. The van der Waals surface area contributed by atoms with Gasteiger partial charge in [0.15, 0.2) is 0 Å². The van der Waals surface area contributed by atoms with Gasteiger partial charge in [-0.1, -0.05) is 0 Å². The number of ether oxygens (including phenoxy) is 1. The molecular formula is C11H22N2O3. The molecule has 0 unspecified atom stereocenters. The van der Waals surface area contributed by atoms with Crippen molar-refractivity contribution in [2.75, 3.05) is 32.8 Å². The molecule has 0 amide bonds. The Bertz CT molecular complexity index is 227. The fraction of sp³-hybridized carbons (Fsp3) is 1.00. The molecule has 4 atom stereocenters. The molecule has 0 aliphatic carbocycles. The van der Waals surface area contributed by atoms with Crippen molar-refractivity contribution in [2.45, 2.75) is 37.7 Å². The van der Waals surface area contributed by atoms with E-state index in [1.54, 1.807) is 0 Å². The average molecular weight is 230 g/mol. The molecule has 2 aliphatic heterocycles. The molecule has 2 heterocycles. The van der Waals surface area contributed by atoms with Gasteiger partial charge in [-0.2, -0.15) is 0 Å². The van der Waals surface area contributed by atoms with E-state index in [4.69, 9.17) is 4.74 Å². The fourth-order valence-electron chi connectivity index (χ4n) is 2.61. The van der Waals surface area contributed by atoms with Crippen LogP contribution in [0.15, 0.2) is 0 Å². The van der Waals surface area contributed by atoms with Crippen molar-refractivity contribution >= 4 is 0 Å². The summed E-state index contributed by atoms with van der Waals surface area (Å²) in [5, 5.41) is 22.1. The van der Waals surface area contributed by atoms with Crippen LogP contribution < -0.4 is 5.32 Å². The second kappa shape index (κ2) is 5.42. The normalized spacial score (nSPS) is 41.4. The minimum absolute atomic E-state index is 0.0934. The molecule has 0 saturated carbocycles. The monoisotopic (exact) mass is 230 g/mol. The summed E-state index contributed by atoms with van der Waals surface area (Å²) >= 11 is 0. The molecule has 0 aromatic rings.